The Hall–Kier alpha value is -2.36. The number of carboxylic acid groups (broad SMARTS) is 1. The summed E-state index contributed by atoms with van der Waals surface area (Å²) in [6, 6.07) is 7.67. The zero-order chi connectivity index (χ0) is 14.5. The molecule has 1 aliphatic carbocycles. The first kappa shape index (κ1) is 14.1. The van der Waals surface area contributed by atoms with Crippen LogP contribution in [0.3, 0.4) is 0 Å². The third-order valence-electron chi connectivity index (χ3n) is 3.35. The second kappa shape index (κ2) is 6.19. The van der Waals surface area contributed by atoms with Gasteiger partial charge in [0, 0.05) is 5.56 Å². The number of amides is 1. The van der Waals surface area contributed by atoms with Crippen molar-refractivity contribution in [3.63, 3.8) is 0 Å². The van der Waals surface area contributed by atoms with Crippen LogP contribution in [0.5, 0.6) is 0 Å². The highest BCUT2D eigenvalue weighted by atomic mass is 16.4. The highest BCUT2D eigenvalue weighted by molar-refractivity contribution is 5.96. The van der Waals surface area contributed by atoms with E-state index in [1.807, 2.05) is 30.4 Å². The number of aliphatic carboxylic acids is 1. The van der Waals surface area contributed by atoms with E-state index in [1.54, 1.807) is 24.3 Å². The van der Waals surface area contributed by atoms with Crippen molar-refractivity contribution in [2.45, 2.75) is 25.4 Å². The maximum atomic E-state index is 12.6. The molecule has 1 amide bonds. The van der Waals surface area contributed by atoms with Gasteiger partial charge in [-0.25, -0.2) is 4.79 Å². The normalized spacial score (nSPS) is 18.6. The molecule has 0 saturated carbocycles. The van der Waals surface area contributed by atoms with Gasteiger partial charge in [0.2, 0.25) is 0 Å². The maximum absolute atomic E-state index is 12.6. The van der Waals surface area contributed by atoms with E-state index in [0.717, 1.165) is 0 Å². The Morgan fingerprint density at radius 1 is 1.25 bits per heavy atom. The maximum Gasteiger partial charge on any atom is 0.326 e. The molecule has 0 aliphatic heterocycles. The van der Waals surface area contributed by atoms with Crippen molar-refractivity contribution in [3.8, 4) is 0 Å². The van der Waals surface area contributed by atoms with Gasteiger partial charge in [0.15, 0.2) is 0 Å². The molecule has 0 heterocycles. The molecule has 0 saturated heterocycles. The van der Waals surface area contributed by atoms with Gasteiger partial charge in [-0.05, 0) is 25.5 Å². The van der Waals surface area contributed by atoms with Crippen LogP contribution in [0.4, 0.5) is 0 Å². The van der Waals surface area contributed by atoms with Crippen LogP contribution in [0.1, 0.15) is 23.7 Å². The minimum Gasteiger partial charge on any atom is -0.480 e. The molecule has 20 heavy (non-hydrogen) atoms. The van der Waals surface area contributed by atoms with E-state index in [2.05, 4.69) is 0 Å². The number of allylic oxidation sites excluding steroid dienone is 2. The average molecular weight is 271 g/mol. The largest absolute Gasteiger partial charge is 0.480 e. The Kier molecular flexibility index (Phi) is 4.35. The molecule has 1 aromatic rings. The molecule has 0 bridgehead atoms. The number of hydrogen-bond donors (Lipinski definition) is 1. The molecule has 1 aliphatic rings. The van der Waals surface area contributed by atoms with E-state index >= 15 is 0 Å². The lowest BCUT2D eigenvalue weighted by Gasteiger charge is -2.33. The number of carbonyl (C=O) groups is 2. The zero-order valence-electron chi connectivity index (χ0n) is 11.3. The second-order valence-corrected chi connectivity index (χ2v) is 4.71. The van der Waals surface area contributed by atoms with E-state index in [-0.39, 0.29) is 11.9 Å². The van der Waals surface area contributed by atoms with Gasteiger partial charge < -0.3 is 10.0 Å². The summed E-state index contributed by atoms with van der Waals surface area (Å²) >= 11 is 0. The predicted molar refractivity (Wildman–Crippen MR) is 76.4 cm³/mol. The van der Waals surface area contributed by atoms with E-state index < -0.39 is 12.0 Å². The van der Waals surface area contributed by atoms with Crippen LogP contribution in [0.25, 0.3) is 0 Å². The number of rotatable bonds is 4. The SMILES string of the molecule is C[C@@H](C(=O)O)N(C(=O)c1ccccc1)C1C=CC=CC1. The van der Waals surface area contributed by atoms with E-state index in [0.29, 0.717) is 12.0 Å². The Bertz CT molecular complexity index is 548. The Morgan fingerprint density at radius 3 is 2.50 bits per heavy atom. The fraction of sp³-hybridized carbons (Fsp3) is 0.250. The van der Waals surface area contributed by atoms with E-state index in [9.17, 15) is 14.7 Å². The zero-order valence-corrected chi connectivity index (χ0v) is 11.3. The standard InChI is InChI=1S/C16H17NO3/c1-12(16(19)20)17(14-10-6-3-7-11-14)15(18)13-8-4-2-5-9-13/h2-10,12,14H,11H2,1H3,(H,19,20)/t12-,14?/m0/s1. The van der Waals surface area contributed by atoms with Crippen LogP contribution in [0, 0.1) is 0 Å². The van der Waals surface area contributed by atoms with Gasteiger partial charge in [-0.1, -0.05) is 42.5 Å². The van der Waals surface area contributed by atoms with Crippen molar-refractivity contribution in [3.05, 3.63) is 60.2 Å². The summed E-state index contributed by atoms with van der Waals surface area (Å²) in [6.45, 7) is 1.54. The third kappa shape index (κ3) is 2.96. The minimum absolute atomic E-state index is 0.223. The van der Waals surface area contributed by atoms with Crippen LogP contribution in [-0.2, 0) is 4.79 Å². The average Bonchev–Trinajstić information content (AvgIpc) is 2.49. The molecule has 2 rings (SSSR count). The van der Waals surface area contributed by atoms with Gasteiger partial charge in [0.25, 0.3) is 5.91 Å². The smallest absolute Gasteiger partial charge is 0.326 e. The summed E-state index contributed by atoms with van der Waals surface area (Å²) in [7, 11) is 0. The van der Waals surface area contributed by atoms with E-state index in [1.165, 1.54) is 11.8 Å². The molecule has 0 fully saturated rings. The van der Waals surface area contributed by atoms with Crippen molar-refractivity contribution in [2.24, 2.45) is 0 Å². The van der Waals surface area contributed by atoms with Crippen molar-refractivity contribution >= 4 is 11.9 Å². The van der Waals surface area contributed by atoms with Gasteiger partial charge >= 0.3 is 5.97 Å². The van der Waals surface area contributed by atoms with Gasteiger partial charge in [-0.2, -0.15) is 0 Å². The van der Waals surface area contributed by atoms with Crippen LogP contribution in [0.15, 0.2) is 54.6 Å². The minimum atomic E-state index is -1.00. The lowest BCUT2D eigenvalue weighted by Crippen LogP contribution is -2.48. The molecule has 4 nitrogen and oxygen atoms in total. The molecular weight excluding hydrogens is 254 g/mol. The first-order valence-electron chi connectivity index (χ1n) is 6.55. The fourth-order valence-electron chi connectivity index (χ4n) is 2.24. The molecule has 104 valence electrons. The van der Waals surface area contributed by atoms with Crippen molar-refractivity contribution in [1.29, 1.82) is 0 Å². The van der Waals surface area contributed by atoms with Crippen molar-refractivity contribution in [1.82, 2.24) is 4.90 Å². The van der Waals surface area contributed by atoms with Crippen LogP contribution in [-0.4, -0.2) is 34.0 Å². The number of hydrogen-bond acceptors (Lipinski definition) is 2. The van der Waals surface area contributed by atoms with Crippen molar-refractivity contribution < 1.29 is 14.7 Å². The summed E-state index contributed by atoms with van der Waals surface area (Å²) in [5, 5.41) is 9.24. The number of benzene rings is 1. The number of nitrogens with zero attached hydrogens (tertiary/aromatic N) is 1. The second-order valence-electron chi connectivity index (χ2n) is 4.71. The first-order valence-corrected chi connectivity index (χ1v) is 6.55. The highest BCUT2D eigenvalue weighted by Gasteiger charge is 2.31. The Balaban J connectivity index is 2.31. The van der Waals surface area contributed by atoms with Crippen molar-refractivity contribution in [2.75, 3.05) is 0 Å². The van der Waals surface area contributed by atoms with Crippen LogP contribution in [0.2, 0.25) is 0 Å². The van der Waals surface area contributed by atoms with E-state index in [4.69, 9.17) is 0 Å². The topological polar surface area (TPSA) is 57.6 Å². The van der Waals surface area contributed by atoms with Gasteiger partial charge in [0.05, 0.1) is 6.04 Å². The quantitative estimate of drug-likeness (QED) is 0.915. The lowest BCUT2D eigenvalue weighted by atomic mass is 10.0. The molecule has 0 spiro atoms. The number of carboxylic acids is 1. The molecule has 2 atom stereocenters. The Labute approximate surface area is 118 Å². The predicted octanol–water partition coefficient (Wildman–Crippen LogP) is 2.49. The third-order valence-corrected chi connectivity index (χ3v) is 3.35. The monoisotopic (exact) mass is 271 g/mol. The summed E-state index contributed by atoms with van der Waals surface area (Å²) in [4.78, 5) is 25.3. The highest BCUT2D eigenvalue weighted by Crippen LogP contribution is 2.18. The molecule has 1 unspecified atom stereocenters. The summed E-state index contributed by atoms with van der Waals surface area (Å²) < 4.78 is 0. The molecule has 1 aromatic carbocycles. The van der Waals surface area contributed by atoms with Gasteiger partial charge in [0.1, 0.15) is 6.04 Å². The van der Waals surface area contributed by atoms with Crippen LogP contribution < -0.4 is 0 Å². The fourth-order valence-corrected chi connectivity index (χ4v) is 2.24. The van der Waals surface area contributed by atoms with Crippen LogP contribution >= 0.6 is 0 Å². The summed E-state index contributed by atoms with van der Waals surface area (Å²) in [6.07, 6.45) is 8.17. The molecular formula is C16H17NO3. The van der Waals surface area contributed by atoms with Gasteiger partial charge in [-0.15, -0.1) is 0 Å². The molecule has 0 radical (unpaired) electrons. The first-order chi connectivity index (χ1) is 9.61. The molecule has 4 heteroatoms. The molecule has 0 aromatic heterocycles. The lowest BCUT2D eigenvalue weighted by molar-refractivity contribution is -0.142. The number of carbonyl (C=O) groups excluding carboxylic acids is 1. The summed E-state index contributed by atoms with van der Waals surface area (Å²) in [5.41, 5.74) is 0.503. The molecule has 1 N–H and O–H groups in total. The van der Waals surface area contributed by atoms with Gasteiger partial charge in [-0.3, -0.25) is 4.79 Å². The Morgan fingerprint density at radius 2 is 1.95 bits per heavy atom. The summed E-state index contributed by atoms with van der Waals surface area (Å²) in [5.74, 6) is -1.26.